The van der Waals surface area contributed by atoms with Gasteiger partial charge in [-0.05, 0) is 6.92 Å². The van der Waals surface area contributed by atoms with Crippen molar-refractivity contribution in [2.24, 2.45) is 0 Å². The van der Waals surface area contributed by atoms with Gasteiger partial charge in [0.2, 0.25) is 0 Å². The molecule has 0 spiro atoms. The smallest absolute Gasteiger partial charge is 0.276 e. The first-order valence-corrected chi connectivity index (χ1v) is 5.57. The molecule has 0 aliphatic carbocycles. The molecule has 0 fully saturated rings. The third kappa shape index (κ3) is 3.59. The van der Waals surface area contributed by atoms with Crippen LogP contribution in [0, 0.1) is 21.4 Å². The van der Waals surface area contributed by atoms with Crippen molar-refractivity contribution in [3.05, 3.63) is 22.2 Å². The fourth-order valence-electron chi connectivity index (χ4n) is 1.41. The molecule has 0 aliphatic heterocycles. The van der Waals surface area contributed by atoms with E-state index in [0.717, 1.165) is 0 Å². The van der Waals surface area contributed by atoms with Crippen molar-refractivity contribution in [2.75, 3.05) is 30.4 Å². The van der Waals surface area contributed by atoms with Gasteiger partial charge in [-0.1, -0.05) is 0 Å². The normalized spacial score (nSPS) is 9.61. The summed E-state index contributed by atoms with van der Waals surface area (Å²) in [4.78, 5) is 16.3. The van der Waals surface area contributed by atoms with Gasteiger partial charge in [0.05, 0.1) is 29.5 Å². The lowest BCUT2D eigenvalue weighted by atomic mass is 10.3. The summed E-state index contributed by atoms with van der Waals surface area (Å²) in [6, 6.07) is 4.82. The lowest BCUT2D eigenvalue weighted by Gasteiger charge is -2.17. The van der Waals surface area contributed by atoms with E-state index >= 15 is 0 Å². The number of pyridine rings is 1. The SMILES string of the molecule is CCNc1cc([N+](=O)[O-])cc(N(C)CCC#N)n1. The van der Waals surface area contributed by atoms with E-state index in [1.165, 1.54) is 12.1 Å². The van der Waals surface area contributed by atoms with Gasteiger partial charge in [-0.25, -0.2) is 4.98 Å². The van der Waals surface area contributed by atoms with Crippen LogP contribution in [-0.4, -0.2) is 30.0 Å². The third-order valence-corrected chi connectivity index (χ3v) is 2.32. The fourth-order valence-corrected chi connectivity index (χ4v) is 1.41. The zero-order valence-electron chi connectivity index (χ0n) is 10.4. The summed E-state index contributed by atoms with van der Waals surface area (Å²) in [5.41, 5.74) is -0.0141. The first kappa shape index (κ1) is 13.7. The molecule has 1 heterocycles. The Morgan fingerprint density at radius 3 is 2.89 bits per heavy atom. The molecule has 0 unspecified atom stereocenters. The molecule has 1 N–H and O–H groups in total. The zero-order valence-corrected chi connectivity index (χ0v) is 10.4. The van der Waals surface area contributed by atoms with Gasteiger partial charge in [0.1, 0.15) is 11.6 Å². The summed E-state index contributed by atoms with van der Waals surface area (Å²) in [5, 5.41) is 22.3. The highest BCUT2D eigenvalue weighted by Gasteiger charge is 2.13. The zero-order chi connectivity index (χ0) is 13.5. The minimum Gasteiger partial charge on any atom is -0.370 e. The molecule has 1 aromatic rings. The number of hydrogen-bond acceptors (Lipinski definition) is 6. The Bertz CT molecular complexity index is 469. The molecular formula is C11H15N5O2. The highest BCUT2D eigenvalue weighted by molar-refractivity contribution is 5.55. The van der Waals surface area contributed by atoms with E-state index in [1.807, 2.05) is 13.0 Å². The molecule has 0 saturated heterocycles. The van der Waals surface area contributed by atoms with E-state index < -0.39 is 4.92 Å². The predicted molar refractivity (Wildman–Crippen MR) is 68.6 cm³/mol. The molecule has 0 aromatic carbocycles. The maximum absolute atomic E-state index is 10.8. The van der Waals surface area contributed by atoms with Gasteiger partial charge in [-0.2, -0.15) is 5.26 Å². The quantitative estimate of drug-likeness (QED) is 0.609. The lowest BCUT2D eigenvalue weighted by Crippen LogP contribution is -2.20. The molecule has 0 saturated carbocycles. The third-order valence-electron chi connectivity index (χ3n) is 2.32. The van der Waals surface area contributed by atoms with Crippen molar-refractivity contribution in [1.29, 1.82) is 5.26 Å². The van der Waals surface area contributed by atoms with Gasteiger partial charge in [0.15, 0.2) is 0 Å². The highest BCUT2D eigenvalue weighted by Crippen LogP contribution is 2.22. The number of aromatic nitrogens is 1. The van der Waals surface area contributed by atoms with E-state index in [0.29, 0.717) is 31.1 Å². The number of rotatable bonds is 6. The Kier molecular flexibility index (Phi) is 4.87. The Hall–Kier alpha value is -2.36. The van der Waals surface area contributed by atoms with E-state index in [9.17, 15) is 10.1 Å². The predicted octanol–water partition coefficient (Wildman–Crippen LogP) is 1.77. The van der Waals surface area contributed by atoms with Gasteiger partial charge in [0, 0.05) is 20.1 Å². The molecule has 96 valence electrons. The van der Waals surface area contributed by atoms with Crippen LogP contribution in [0.1, 0.15) is 13.3 Å². The van der Waals surface area contributed by atoms with Crippen molar-refractivity contribution in [1.82, 2.24) is 4.98 Å². The molecule has 1 aromatic heterocycles. The number of hydrogen-bond donors (Lipinski definition) is 1. The number of nitrogens with one attached hydrogen (secondary N) is 1. The van der Waals surface area contributed by atoms with Crippen LogP contribution < -0.4 is 10.2 Å². The van der Waals surface area contributed by atoms with Gasteiger partial charge < -0.3 is 10.2 Å². The van der Waals surface area contributed by atoms with Crippen LogP contribution in [0.25, 0.3) is 0 Å². The van der Waals surface area contributed by atoms with Crippen LogP contribution in [0.3, 0.4) is 0 Å². The van der Waals surface area contributed by atoms with Gasteiger partial charge >= 0.3 is 0 Å². The van der Waals surface area contributed by atoms with E-state index in [4.69, 9.17) is 5.26 Å². The van der Waals surface area contributed by atoms with Crippen LogP contribution in [0.15, 0.2) is 12.1 Å². The Morgan fingerprint density at radius 2 is 2.33 bits per heavy atom. The molecule has 0 aliphatic rings. The molecule has 18 heavy (non-hydrogen) atoms. The molecule has 0 bridgehead atoms. The van der Waals surface area contributed by atoms with Crippen LogP contribution in [0.5, 0.6) is 0 Å². The van der Waals surface area contributed by atoms with E-state index in [1.54, 1.807) is 11.9 Å². The first-order chi connectivity index (χ1) is 8.58. The first-order valence-electron chi connectivity index (χ1n) is 5.57. The molecule has 0 amide bonds. The maximum atomic E-state index is 10.8. The van der Waals surface area contributed by atoms with Crippen LogP contribution in [0.2, 0.25) is 0 Å². The standard InChI is InChI=1S/C11H15N5O2/c1-3-13-10-7-9(16(17)18)8-11(14-10)15(2)6-4-5-12/h7-8H,3-4,6H2,1-2H3,(H,13,14). The van der Waals surface area contributed by atoms with Crippen LogP contribution >= 0.6 is 0 Å². The fraction of sp³-hybridized carbons (Fsp3) is 0.455. The van der Waals surface area contributed by atoms with Crippen molar-refractivity contribution >= 4 is 17.3 Å². The Balaban J connectivity index is 3.02. The molecule has 0 radical (unpaired) electrons. The topological polar surface area (TPSA) is 95.1 Å². The van der Waals surface area contributed by atoms with Crippen molar-refractivity contribution < 1.29 is 4.92 Å². The lowest BCUT2D eigenvalue weighted by molar-refractivity contribution is -0.384. The average molecular weight is 249 g/mol. The molecular weight excluding hydrogens is 234 g/mol. The summed E-state index contributed by atoms with van der Waals surface area (Å²) in [6.45, 7) is 3.01. The number of nitriles is 1. The van der Waals surface area contributed by atoms with Crippen LogP contribution in [0.4, 0.5) is 17.3 Å². The maximum Gasteiger partial charge on any atom is 0.276 e. The molecule has 7 nitrogen and oxygen atoms in total. The second kappa shape index (κ2) is 6.39. The molecule has 0 atom stereocenters. The van der Waals surface area contributed by atoms with Crippen molar-refractivity contribution in [2.45, 2.75) is 13.3 Å². The van der Waals surface area contributed by atoms with E-state index in [2.05, 4.69) is 10.3 Å². The summed E-state index contributed by atoms with van der Waals surface area (Å²) in [5.74, 6) is 0.945. The number of nitrogens with zero attached hydrogens (tertiary/aromatic N) is 4. The average Bonchev–Trinajstić information content (AvgIpc) is 2.35. The second-order valence-corrected chi connectivity index (χ2v) is 3.69. The van der Waals surface area contributed by atoms with Gasteiger partial charge in [-0.3, -0.25) is 10.1 Å². The molecule has 7 heteroatoms. The monoisotopic (exact) mass is 249 g/mol. The summed E-state index contributed by atoms with van der Waals surface area (Å²) < 4.78 is 0. The van der Waals surface area contributed by atoms with Crippen molar-refractivity contribution in [3.8, 4) is 6.07 Å². The minimum absolute atomic E-state index is 0.0141. The minimum atomic E-state index is -0.454. The van der Waals surface area contributed by atoms with Crippen molar-refractivity contribution in [3.63, 3.8) is 0 Å². The number of nitro groups is 1. The van der Waals surface area contributed by atoms with E-state index in [-0.39, 0.29) is 5.69 Å². The summed E-state index contributed by atoms with van der Waals surface area (Å²) in [6.07, 6.45) is 0.345. The second-order valence-electron chi connectivity index (χ2n) is 3.69. The summed E-state index contributed by atoms with van der Waals surface area (Å²) >= 11 is 0. The van der Waals surface area contributed by atoms with Crippen LogP contribution in [-0.2, 0) is 0 Å². The Morgan fingerprint density at radius 1 is 1.61 bits per heavy atom. The highest BCUT2D eigenvalue weighted by atomic mass is 16.6. The van der Waals surface area contributed by atoms with Gasteiger partial charge in [-0.15, -0.1) is 0 Å². The Labute approximate surface area is 105 Å². The largest absolute Gasteiger partial charge is 0.370 e. The number of anilines is 2. The summed E-state index contributed by atoms with van der Waals surface area (Å²) in [7, 11) is 1.75. The molecule has 1 rings (SSSR count). The van der Waals surface area contributed by atoms with Gasteiger partial charge in [0.25, 0.3) is 5.69 Å².